The summed E-state index contributed by atoms with van der Waals surface area (Å²) in [4.78, 5) is 24.1. The molecule has 0 aliphatic rings. The fourth-order valence-corrected chi connectivity index (χ4v) is 2.97. The van der Waals surface area contributed by atoms with E-state index in [4.69, 9.17) is 15.2 Å². The van der Waals surface area contributed by atoms with E-state index in [1.54, 1.807) is 13.2 Å². The summed E-state index contributed by atoms with van der Waals surface area (Å²) in [6.07, 6.45) is 0.114. The van der Waals surface area contributed by atoms with E-state index in [-0.39, 0.29) is 12.3 Å². The SMILES string of the molecule is COc1cccc(OCCNC(=O)CC(NC(N)=O)c2cccs2)c1. The number of hydrogen-bond donors (Lipinski definition) is 3. The molecule has 4 N–H and O–H groups in total. The highest BCUT2D eigenvalue weighted by Gasteiger charge is 2.18. The number of nitrogens with one attached hydrogen (secondary N) is 2. The van der Waals surface area contributed by atoms with Gasteiger partial charge >= 0.3 is 6.03 Å². The summed E-state index contributed by atoms with van der Waals surface area (Å²) >= 11 is 1.46. The first-order chi connectivity index (χ1) is 12.1. The van der Waals surface area contributed by atoms with Gasteiger partial charge in [0.2, 0.25) is 5.91 Å². The number of hydrogen-bond acceptors (Lipinski definition) is 5. The Kier molecular flexibility index (Phi) is 7.09. The number of benzene rings is 1. The molecule has 1 aromatic heterocycles. The van der Waals surface area contributed by atoms with Gasteiger partial charge in [-0.1, -0.05) is 12.1 Å². The van der Waals surface area contributed by atoms with Crippen molar-refractivity contribution >= 4 is 23.3 Å². The number of carbonyl (C=O) groups is 2. The van der Waals surface area contributed by atoms with Gasteiger partial charge in [-0.2, -0.15) is 0 Å². The van der Waals surface area contributed by atoms with E-state index in [1.807, 2.05) is 35.7 Å². The lowest BCUT2D eigenvalue weighted by molar-refractivity contribution is -0.121. The third-order valence-electron chi connectivity index (χ3n) is 3.33. The number of ether oxygens (including phenoxy) is 2. The molecule has 0 radical (unpaired) electrons. The van der Waals surface area contributed by atoms with E-state index in [1.165, 1.54) is 11.3 Å². The third kappa shape index (κ3) is 6.34. The fraction of sp³-hybridized carbons (Fsp3) is 0.294. The fourth-order valence-electron chi connectivity index (χ4n) is 2.19. The molecule has 0 aliphatic carbocycles. The molecule has 1 atom stereocenters. The standard InChI is InChI=1S/C17H21N3O4S/c1-23-12-4-2-5-13(10-12)24-8-7-19-16(21)11-14(20-17(18)22)15-6-3-9-25-15/h2-6,9-10,14H,7-8,11H2,1H3,(H,19,21)(H3,18,20,22). The smallest absolute Gasteiger partial charge is 0.312 e. The Bertz CT molecular complexity index is 691. The number of primary amides is 1. The molecule has 8 heteroatoms. The number of nitrogens with two attached hydrogens (primary N) is 1. The van der Waals surface area contributed by atoms with E-state index in [2.05, 4.69) is 10.6 Å². The number of carbonyl (C=O) groups excluding carboxylic acids is 2. The molecule has 0 saturated heterocycles. The summed E-state index contributed by atoms with van der Waals surface area (Å²) in [6, 6.07) is 9.85. The van der Waals surface area contributed by atoms with Crippen LogP contribution in [0.3, 0.4) is 0 Å². The van der Waals surface area contributed by atoms with Gasteiger partial charge in [-0.25, -0.2) is 4.79 Å². The highest BCUT2D eigenvalue weighted by Crippen LogP contribution is 2.22. The summed E-state index contributed by atoms with van der Waals surface area (Å²) in [5.41, 5.74) is 5.18. The van der Waals surface area contributed by atoms with Gasteiger partial charge in [0.25, 0.3) is 0 Å². The first-order valence-corrected chi connectivity index (χ1v) is 8.59. The van der Waals surface area contributed by atoms with Crippen molar-refractivity contribution in [1.82, 2.24) is 10.6 Å². The van der Waals surface area contributed by atoms with Crippen LogP contribution in [0.15, 0.2) is 41.8 Å². The molecule has 0 spiro atoms. The van der Waals surface area contributed by atoms with Crippen LogP contribution in [0.25, 0.3) is 0 Å². The van der Waals surface area contributed by atoms with Crippen LogP contribution in [0.5, 0.6) is 11.5 Å². The Morgan fingerprint density at radius 1 is 1.24 bits per heavy atom. The number of amides is 3. The van der Waals surface area contributed by atoms with Crippen LogP contribution in [0.1, 0.15) is 17.3 Å². The maximum absolute atomic E-state index is 12.1. The second-order valence-electron chi connectivity index (χ2n) is 5.16. The molecule has 7 nitrogen and oxygen atoms in total. The van der Waals surface area contributed by atoms with Crippen molar-refractivity contribution in [2.24, 2.45) is 5.73 Å². The predicted molar refractivity (Wildman–Crippen MR) is 95.9 cm³/mol. The molecule has 2 rings (SSSR count). The van der Waals surface area contributed by atoms with Gasteiger partial charge in [-0.15, -0.1) is 11.3 Å². The highest BCUT2D eigenvalue weighted by molar-refractivity contribution is 7.10. The van der Waals surface area contributed by atoms with Crippen LogP contribution >= 0.6 is 11.3 Å². The first-order valence-electron chi connectivity index (χ1n) is 7.71. The van der Waals surface area contributed by atoms with E-state index in [0.717, 1.165) is 4.88 Å². The zero-order chi connectivity index (χ0) is 18.1. The van der Waals surface area contributed by atoms with Crippen LogP contribution in [0, 0.1) is 0 Å². The highest BCUT2D eigenvalue weighted by atomic mass is 32.1. The summed E-state index contributed by atoms with van der Waals surface area (Å²) in [7, 11) is 1.59. The second kappa shape index (κ2) is 9.53. The van der Waals surface area contributed by atoms with Crippen LogP contribution in [0.4, 0.5) is 4.79 Å². The molecule has 134 valence electrons. The Labute approximate surface area is 150 Å². The lowest BCUT2D eigenvalue weighted by Gasteiger charge is -2.16. The molecule has 0 fully saturated rings. The van der Waals surface area contributed by atoms with Crippen molar-refractivity contribution in [1.29, 1.82) is 0 Å². The topological polar surface area (TPSA) is 103 Å². The molecule has 0 saturated carbocycles. The van der Waals surface area contributed by atoms with Crippen molar-refractivity contribution in [3.05, 3.63) is 46.7 Å². The zero-order valence-corrected chi connectivity index (χ0v) is 14.7. The molecule has 0 aliphatic heterocycles. The molecule has 0 bridgehead atoms. The number of urea groups is 1. The Morgan fingerprint density at radius 2 is 2.04 bits per heavy atom. The first kappa shape index (κ1) is 18.6. The Hall–Kier alpha value is -2.74. The van der Waals surface area contributed by atoms with Gasteiger partial charge in [0.05, 0.1) is 26.1 Å². The minimum absolute atomic E-state index is 0.114. The van der Waals surface area contributed by atoms with Crippen LogP contribution in [0.2, 0.25) is 0 Å². The van der Waals surface area contributed by atoms with Gasteiger partial charge < -0.3 is 25.8 Å². The molecule has 3 amide bonds. The third-order valence-corrected chi connectivity index (χ3v) is 4.31. The predicted octanol–water partition coefficient (Wildman–Crippen LogP) is 2.05. The van der Waals surface area contributed by atoms with Gasteiger partial charge in [0.1, 0.15) is 18.1 Å². The molecular formula is C17H21N3O4S. The quantitative estimate of drug-likeness (QED) is 0.593. The summed E-state index contributed by atoms with van der Waals surface area (Å²) in [5.74, 6) is 1.18. The minimum atomic E-state index is -0.660. The minimum Gasteiger partial charge on any atom is -0.497 e. The van der Waals surface area contributed by atoms with E-state index in [9.17, 15) is 9.59 Å². The van der Waals surface area contributed by atoms with Crippen molar-refractivity contribution in [2.75, 3.05) is 20.3 Å². The number of thiophene rings is 1. The lowest BCUT2D eigenvalue weighted by atomic mass is 10.1. The molecule has 25 heavy (non-hydrogen) atoms. The molecule has 1 unspecified atom stereocenters. The van der Waals surface area contributed by atoms with Crippen molar-refractivity contribution in [2.45, 2.75) is 12.5 Å². The average Bonchev–Trinajstić information content (AvgIpc) is 3.12. The zero-order valence-electron chi connectivity index (χ0n) is 13.9. The number of methoxy groups -OCH3 is 1. The normalized spacial score (nSPS) is 11.4. The average molecular weight is 363 g/mol. The van der Waals surface area contributed by atoms with Crippen LogP contribution < -0.4 is 25.8 Å². The Balaban J connectivity index is 1.76. The van der Waals surface area contributed by atoms with Gasteiger partial charge in [-0.05, 0) is 23.6 Å². The van der Waals surface area contributed by atoms with Crippen molar-refractivity contribution in [3.8, 4) is 11.5 Å². The van der Waals surface area contributed by atoms with E-state index >= 15 is 0 Å². The van der Waals surface area contributed by atoms with Crippen LogP contribution in [-0.2, 0) is 4.79 Å². The second-order valence-corrected chi connectivity index (χ2v) is 6.14. The van der Waals surface area contributed by atoms with Gasteiger partial charge in [0.15, 0.2) is 0 Å². The molecule has 2 aromatic rings. The largest absolute Gasteiger partial charge is 0.497 e. The van der Waals surface area contributed by atoms with E-state index in [0.29, 0.717) is 24.7 Å². The molecule has 1 aromatic carbocycles. The monoisotopic (exact) mass is 363 g/mol. The van der Waals surface area contributed by atoms with Crippen molar-refractivity contribution < 1.29 is 19.1 Å². The lowest BCUT2D eigenvalue weighted by Crippen LogP contribution is -2.37. The summed E-state index contributed by atoms with van der Waals surface area (Å²) in [5, 5.41) is 7.23. The van der Waals surface area contributed by atoms with Gasteiger partial charge in [-0.3, -0.25) is 4.79 Å². The van der Waals surface area contributed by atoms with Gasteiger partial charge in [0, 0.05) is 10.9 Å². The maximum atomic E-state index is 12.1. The number of rotatable bonds is 9. The summed E-state index contributed by atoms with van der Waals surface area (Å²) in [6.45, 7) is 0.676. The summed E-state index contributed by atoms with van der Waals surface area (Å²) < 4.78 is 10.7. The van der Waals surface area contributed by atoms with Crippen LogP contribution in [-0.4, -0.2) is 32.2 Å². The Morgan fingerprint density at radius 3 is 2.72 bits per heavy atom. The molecular weight excluding hydrogens is 342 g/mol. The van der Waals surface area contributed by atoms with Crippen molar-refractivity contribution in [3.63, 3.8) is 0 Å². The van der Waals surface area contributed by atoms with E-state index < -0.39 is 12.1 Å². The maximum Gasteiger partial charge on any atom is 0.312 e. The molecule has 1 heterocycles.